The van der Waals surface area contributed by atoms with Gasteiger partial charge < -0.3 is 29.3 Å². The van der Waals surface area contributed by atoms with Gasteiger partial charge in [-0.05, 0) is 52.1 Å². The van der Waals surface area contributed by atoms with Crippen LogP contribution in [0.25, 0.3) is 11.0 Å². The monoisotopic (exact) mass is 589 g/mol. The van der Waals surface area contributed by atoms with Crippen LogP contribution in [-0.2, 0) is 16.3 Å². The lowest BCUT2D eigenvalue weighted by Gasteiger charge is -2.34. The molecule has 0 aliphatic carbocycles. The van der Waals surface area contributed by atoms with Gasteiger partial charge in [-0.1, -0.05) is 6.07 Å². The molecular formula is C30H35N7O6. The highest BCUT2D eigenvalue weighted by molar-refractivity contribution is 5.84. The van der Waals surface area contributed by atoms with Crippen molar-refractivity contribution >= 4 is 40.0 Å². The second-order valence-corrected chi connectivity index (χ2v) is 11.3. The van der Waals surface area contributed by atoms with E-state index in [-0.39, 0.29) is 36.0 Å². The van der Waals surface area contributed by atoms with Crippen LogP contribution in [0.2, 0.25) is 0 Å². The minimum absolute atomic E-state index is 0.0696. The highest BCUT2D eigenvalue weighted by Gasteiger charge is 2.24. The van der Waals surface area contributed by atoms with Gasteiger partial charge in [0.25, 0.3) is 5.69 Å². The number of piperazine rings is 1. The van der Waals surface area contributed by atoms with Gasteiger partial charge in [0.05, 0.1) is 34.6 Å². The van der Waals surface area contributed by atoms with Crippen molar-refractivity contribution in [3.8, 4) is 17.4 Å². The van der Waals surface area contributed by atoms with Gasteiger partial charge in [-0.2, -0.15) is 9.97 Å². The first-order valence-electron chi connectivity index (χ1n) is 13.9. The van der Waals surface area contributed by atoms with Crippen LogP contribution < -0.4 is 19.7 Å². The Kier molecular flexibility index (Phi) is 8.35. The van der Waals surface area contributed by atoms with Crippen LogP contribution in [0.1, 0.15) is 20.8 Å². The number of hydrogen-bond acceptors (Lipinski definition) is 11. The quantitative estimate of drug-likeness (QED) is 0.157. The molecule has 3 heterocycles. The largest absolute Gasteiger partial charge is 0.495 e. The summed E-state index contributed by atoms with van der Waals surface area (Å²) < 4.78 is 19.0. The number of carbonyl (C=O) groups is 1. The molecule has 1 saturated heterocycles. The molecule has 226 valence electrons. The first-order chi connectivity index (χ1) is 20.5. The number of hydrogen-bond donors (Lipinski definition) is 1. The molecule has 1 aliphatic heterocycles. The van der Waals surface area contributed by atoms with Crippen LogP contribution in [0.5, 0.6) is 17.4 Å². The lowest BCUT2D eigenvalue weighted by Crippen LogP contribution is -2.44. The summed E-state index contributed by atoms with van der Waals surface area (Å²) in [5.74, 6) is 0.980. The average Bonchev–Trinajstić information content (AvgIpc) is 3.39. The Bertz CT molecular complexity index is 1640. The Morgan fingerprint density at radius 3 is 2.53 bits per heavy atom. The molecule has 0 bridgehead atoms. The summed E-state index contributed by atoms with van der Waals surface area (Å²) in [6.45, 7) is 9.00. The Morgan fingerprint density at radius 2 is 1.84 bits per heavy atom. The molecule has 0 unspecified atom stereocenters. The summed E-state index contributed by atoms with van der Waals surface area (Å²) in [5, 5.41) is 15.1. The summed E-state index contributed by atoms with van der Waals surface area (Å²) >= 11 is 0. The number of aromatic nitrogens is 3. The van der Waals surface area contributed by atoms with Gasteiger partial charge >= 0.3 is 5.97 Å². The van der Waals surface area contributed by atoms with E-state index in [1.165, 1.54) is 18.2 Å². The number of non-ortho nitro benzene ring substituents is 1. The molecule has 1 N–H and O–H groups in total. The van der Waals surface area contributed by atoms with Crippen molar-refractivity contribution < 1.29 is 23.9 Å². The average molecular weight is 590 g/mol. The van der Waals surface area contributed by atoms with E-state index in [2.05, 4.69) is 27.1 Å². The third kappa shape index (κ3) is 6.78. The van der Waals surface area contributed by atoms with Crippen molar-refractivity contribution in [3.63, 3.8) is 0 Å². The van der Waals surface area contributed by atoms with E-state index in [1.807, 2.05) is 18.2 Å². The summed E-state index contributed by atoms with van der Waals surface area (Å²) in [6.07, 6.45) is 1.72. The van der Waals surface area contributed by atoms with Crippen molar-refractivity contribution in [2.24, 2.45) is 5.41 Å². The number of nitrogens with zero attached hydrogens (tertiary/aromatic N) is 6. The smallest absolute Gasteiger partial charge is 0.312 e. The Labute approximate surface area is 249 Å². The number of anilines is 3. The van der Waals surface area contributed by atoms with Gasteiger partial charge in [-0.25, -0.2) is 0 Å². The van der Waals surface area contributed by atoms with Crippen molar-refractivity contribution in [1.82, 2.24) is 19.4 Å². The van der Waals surface area contributed by atoms with E-state index in [4.69, 9.17) is 19.2 Å². The molecule has 1 fully saturated rings. The van der Waals surface area contributed by atoms with Crippen molar-refractivity contribution in [1.29, 1.82) is 0 Å². The fraction of sp³-hybridized carbons (Fsp3) is 0.367. The van der Waals surface area contributed by atoms with Gasteiger partial charge in [0, 0.05) is 50.2 Å². The molecule has 13 nitrogen and oxygen atoms in total. The zero-order valence-corrected chi connectivity index (χ0v) is 24.9. The normalized spacial score (nSPS) is 14.0. The molecule has 1 aliphatic rings. The summed E-state index contributed by atoms with van der Waals surface area (Å²) in [6, 6.07) is 13.4. The molecule has 5 rings (SSSR count). The lowest BCUT2D eigenvalue weighted by molar-refractivity contribution is -0.384. The summed E-state index contributed by atoms with van der Waals surface area (Å²) in [5.41, 5.74) is 1.35. The predicted octanol–water partition coefficient (Wildman–Crippen LogP) is 5.18. The second kappa shape index (κ2) is 12.1. The number of likely N-dealkylation sites (N-methyl/N-ethyl adjacent to an activating group) is 1. The number of carbonyl (C=O) groups excluding carboxylic acids is 1. The van der Waals surface area contributed by atoms with Crippen molar-refractivity contribution in [2.45, 2.75) is 27.5 Å². The predicted molar refractivity (Wildman–Crippen MR) is 162 cm³/mol. The molecule has 0 saturated carbocycles. The Balaban J connectivity index is 1.48. The zero-order chi connectivity index (χ0) is 30.7. The maximum Gasteiger partial charge on any atom is 0.312 e. The SMILES string of the molecule is COc1cc(Nc2nc(Oc3cccc([N+](=O)[O-])c3)c3ccn(COC(=O)C(C)(C)C)c3n2)ccc1N1CCN(C)CC1. The third-order valence-electron chi connectivity index (χ3n) is 7.05. The number of methoxy groups -OCH3 is 1. The topological polar surface area (TPSA) is 137 Å². The van der Waals surface area contributed by atoms with Crippen molar-refractivity contribution in [3.05, 3.63) is 64.8 Å². The van der Waals surface area contributed by atoms with Crippen LogP contribution in [0.4, 0.5) is 23.0 Å². The number of ether oxygens (including phenoxy) is 3. The van der Waals surface area contributed by atoms with E-state index in [0.29, 0.717) is 22.5 Å². The van der Waals surface area contributed by atoms with E-state index in [9.17, 15) is 14.9 Å². The van der Waals surface area contributed by atoms with E-state index in [1.54, 1.807) is 50.8 Å². The summed E-state index contributed by atoms with van der Waals surface area (Å²) in [7, 11) is 3.75. The zero-order valence-electron chi connectivity index (χ0n) is 24.9. The van der Waals surface area contributed by atoms with Gasteiger partial charge in [0.15, 0.2) is 12.4 Å². The van der Waals surface area contributed by atoms with Crippen LogP contribution in [0.15, 0.2) is 54.7 Å². The maximum absolute atomic E-state index is 12.4. The molecule has 0 atom stereocenters. The van der Waals surface area contributed by atoms with Gasteiger partial charge in [0.1, 0.15) is 11.5 Å². The van der Waals surface area contributed by atoms with Crippen LogP contribution in [0, 0.1) is 15.5 Å². The molecule has 2 aromatic carbocycles. The molecule has 0 amide bonds. The van der Waals surface area contributed by atoms with E-state index in [0.717, 1.165) is 31.9 Å². The molecule has 43 heavy (non-hydrogen) atoms. The number of benzene rings is 2. The first kappa shape index (κ1) is 29.6. The van der Waals surface area contributed by atoms with Crippen LogP contribution in [-0.4, -0.2) is 70.7 Å². The number of esters is 1. The number of nitro benzene ring substituents is 1. The first-order valence-corrected chi connectivity index (χ1v) is 13.9. The molecular weight excluding hydrogens is 554 g/mol. The number of nitro groups is 1. The highest BCUT2D eigenvalue weighted by atomic mass is 16.6. The fourth-order valence-electron chi connectivity index (χ4n) is 4.59. The van der Waals surface area contributed by atoms with E-state index < -0.39 is 10.3 Å². The lowest BCUT2D eigenvalue weighted by atomic mass is 9.98. The fourth-order valence-corrected chi connectivity index (χ4v) is 4.59. The Hall–Kier alpha value is -4.91. The summed E-state index contributed by atoms with van der Waals surface area (Å²) in [4.78, 5) is 37.2. The van der Waals surface area contributed by atoms with Gasteiger partial charge in [0.2, 0.25) is 11.8 Å². The second-order valence-electron chi connectivity index (χ2n) is 11.3. The molecule has 0 spiro atoms. The van der Waals surface area contributed by atoms with E-state index >= 15 is 0 Å². The number of rotatable bonds is 9. The van der Waals surface area contributed by atoms with Crippen molar-refractivity contribution in [2.75, 3.05) is 50.6 Å². The number of fused-ring (bicyclic) bond motifs is 1. The minimum atomic E-state index is -0.670. The molecule has 4 aromatic rings. The highest BCUT2D eigenvalue weighted by Crippen LogP contribution is 2.35. The Morgan fingerprint density at radius 1 is 1.07 bits per heavy atom. The molecule has 0 radical (unpaired) electrons. The van der Waals surface area contributed by atoms with Gasteiger partial charge in [-0.3, -0.25) is 19.5 Å². The van der Waals surface area contributed by atoms with Crippen LogP contribution in [0.3, 0.4) is 0 Å². The minimum Gasteiger partial charge on any atom is -0.495 e. The van der Waals surface area contributed by atoms with Crippen LogP contribution >= 0.6 is 0 Å². The maximum atomic E-state index is 12.4. The third-order valence-corrected chi connectivity index (χ3v) is 7.05. The molecule has 2 aromatic heterocycles. The standard InChI is InChI=1S/C30H35N7O6/c1-30(2,3)28(38)42-19-36-12-11-23-26(36)32-29(33-27(23)43-22-8-6-7-21(18-22)37(39)40)31-20-9-10-24(25(17-20)41-5)35-15-13-34(4)14-16-35/h6-12,17-18H,13-16,19H2,1-5H3,(H,31,32,33). The van der Waals surface area contributed by atoms with Gasteiger partial charge in [-0.15, -0.1) is 0 Å². The number of nitrogens with one attached hydrogen (secondary N) is 1. The molecule has 13 heteroatoms.